The molecule has 1 radical (unpaired) electrons. The van der Waals surface area contributed by atoms with Gasteiger partial charge < -0.3 is 0 Å². The maximum absolute atomic E-state index is 2.38. The van der Waals surface area contributed by atoms with Gasteiger partial charge in [0.05, 0.1) is 0 Å². The highest BCUT2D eigenvalue weighted by molar-refractivity contribution is 7.15. The summed E-state index contributed by atoms with van der Waals surface area (Å²) in [5, 5.41) is 4.58. The van der Waals surface area contributed by atoms with E-state index in [1.54, 1.807) is 0 Å². The number of hydrogen-bond acceptors (Lipinski definition) is 2. The summed E-state index contributed by atoms with van der Waals surface area (Å²) in [4.78, 5) is 2.81. The third kappa shape index (κ3) is 2.47. The van der Waals surface area contributed by atoms with Gasteiger partial charge in [0.2, 0.25) is 0 Å². The van der Waals surface area contributed by atoms with Crippen LogP contribution in [0, 0.1) is 34.1 Å². The normalized spacial score (nSPS) is 12.3. The van der Waals surface area contributed by atoms with Crippen molar-refractivity contribution < 1.29 is 0 Å². The standard InChI is InChI=1S/C25H21S2/c1-14-12-26-24(16(14)3)21-10-9-20-19-8-6-5-7-18(19)11-22(20)23(21)25-17(4)15(2)13-27-25/h5-13H,1-4H3. The third-order valence-electron chi connectivity index (χ3n) is 5.84. The Labute approximate surface area is 169 Å². The molecule has 0 unspecified atom stereocenters. The molecule has 0 amide bonds. The smallest absolute Gasteiger partial charge is 0.0384 e. The molecular formula is C25H21S2. The van der Waals surface area contributed by atoms with Crippen molar-refractivity contribution in [2.75, 3.05) is 0 Å². The van der Waals surface area contributed by atoms with Gasteiger partial charge in [0.15, 0.2) is 0 Å². The lowest BCUT2D eigenvalue weighted by Crippen LogP contribution is -1.92. The molecule has 0 saturated carbocycles. The molecule has 4 aromatic rings. The van der Waals surface area contributed by atoms with Crippen LogP contribution >= 0.6 is 22.7 Å². The molecular weight excluding hydrogens is 364 g/mol. The monoisotopic (exact) mass is 385 g/mol. The largest absolute Gasteiger partial charge is 0.143 e. The fraction of sp³-hybridized carbons (Fsp3) is 0.160. The maximum Gasteiger partial charge on any atom is 0.0384 e. The van der Waals surface area contributed by atoms with E-state index in [1.807, 2.05) is 22.7 Å². The van der Waals surface area contributed by atoms with E-state index in [1.165, 1.54) is 65.4 Å². The van der Waals surface area contributed by atoms with Gasteiger partial charge >= 0.3 is 0 Å². The third-order valence-corrected chi connectivity index (χ3v) is 8.29. The molecule has 0 aliphatic heterocycles. The van der Waals surface area contributed by atoms with E-state index in [0.717, 1.165) is 0 Å². The summed E-state index contributed by atoms with van der Waals surface area (Å²) in [5.41, 5.74) is 13.8. The molecule has 2 heteroatoms. The van der Waals surface area contributed by atoms with Crippen LogP contribution in [0.3, 0.4) is 0 Å². The van der Waals surface area contributed by atoms with Crippen molar-refractivity contribution in [1.29, 1.82) is 0 Å². The van der Waals surface area contributed by atoms with Gasteiger partial charge in [0, 0.05) is 27.3 Å². The lowest BCUT2D eigenvalue weighted by Gasteiger charge is -2.15. The van der Waals surface area contributed by atoms with Crippen LogP contribution in [-0.2, 0) is 0 Å². The molecule has 27 heavy (non-hydrogen) atoms. The van der Waals surface area contributed by atoms with Crippen molar-refractivity contribution in [1.82, 2.24) is 0 Å². The first-order chi connectivity index (χ1) is 13.1. The number of thiophene rings is 2. The molecule has 2 aromatic heterocycles. The molecule has 2 aromatic carbocycles. The van der Waals surface area contributed by atoms with Crippen LogP contribution < -0.4 is 0 Å². The molecule has 0 spiro atoms. The second-order valence-electron chi connectivity index (χ2n) is 7.43. The van der Waals surface area contributed by atoms with Crippen molar-refractivity contribution >= 4 is 22.7 Å². The van der Waals surface area contributed by atoms with Gasteiger partial charge in [0.25, 0.3) is 0 Å². The van der Waals surface area contributed by atoms with Crippen molar-refractivity contribution in [2.45, 2.75) is 27.7 Å². The van der Waals surface area contributed by atoms with Gasteiger partial charge in [-0.15, -0.1) is 22.7 Å². The Kier molecular flexibility index (Phi) is 3.89. The van der Waals surface area contributed by atoms with E-state index in [4.69, 9.17) is 0 Å². The van der Waals surface area contributed by atoms with Crippen molar-refractivity contribution in [3.8, 4) is 32.0 Å². The average Bonchev–Trinajstić information content (AvgIpc) is 3.32. The lowest BCUT2D eigenvalue weighted by atomic mass is 9.91. The zero-order chi connectivity index (χ0) is 18.7. The zero-order valence-corrected chi connectivity index (χ0v) is 17.6. The Morgan fingerprint density at radius 3 is 1.93 bits per heavy atom. The fourth-order valence-corrected chi connectivity index (χ4v) is 6.23. The minimum absolute atomic E-state index is 1.33. The minimum atomic E-state index is 1.33. The Morgan fingerprint density at radius 2 is 1.26 bits per heavy atom. The van der Waals surface area contributed by atoms with E-state index in [-0.39, 0.29) is 0 Å². The van der Waals surface area contributed by atoms with Gasteiger partial charge in [-0.2, -0.15) is 0 Å². The Bertz CT molecular complexity index is 1190. The van der Waals surface area contributed by atoms with Crippen LogP contribution in [0.1, 0.15) is 33.4 Å². The molecule has 0 fully saturated rings. The molecule has 133 valence electrons. The summed E-state index contributed by atoms with van der Waals surface area (Å²) < 4.78 is 0. The van der Waals surface area contributed by atoms with Crippen LogP contribution in [0.25, 0.3) is 32.0 Å². The summed E-state index contributed by atoms with van der Waals surface area (Å²) in [6.07, 6.45) is 2.38. The number of fused-ring (bicyclic) bond motifs is 3. The van der Waals surface area contributed by atoms with Gasteiger partial charge in [-0.1, -0.05) is 36.4 Å². The highest BCUT2D eigenvalue weighted by Gasteiger charge is 2.27. The summed E-state index contributed by atoms with van der Waals surface area (Å²) >= 11 is 3.75. The van der Waals surface area contributed by atoms with Crippen LogP contribution in [0.2, 0.25) is 0 Å². The van der Waals surface area contributed by atoms with Crippen molar-refractivity contribution in [2.24, 2.45) is 0 Å². The Hall–Kier alpha value is -2.16. The van der Waals surface area contributed by atoms with E-state index in [0.29, 0.717) is 0 Å². The van der Waals surface area contributed by atoms with E-state index < -0.39 is 0 Å². The van der Waals surface area contributed by atoms with Crippen LogP contribution in [-0.4, -0.2) is 0 Å². The topological polar surface area (TPSA) is 0 Å². The molecule has 0 N–H and O–H groups in total. The van der Waals surface area contributed by atoms with Gasteiger partial charge in [-0.3, -0.25) is 0 Å². The molecule has 0 bridgehead atoms. The maximum atomic E-state index is 2.38. The number of aryl methyl sites for hydroxylation is 2. The SMILES string of the molecule is Cc1csc(-c2ccc3c(c2-c2scc(C)c2C)[CH]c2ccccc2-3)c1C. The van der Waals surface area contributed by atoms with Crippen LogP contribution in [0.5, 0.6) is 0 Å². The van der Waals surface area contributed by atoms with Crippen molar-refractivity contribution in [3.63, 3.8) is 0 Å². The number of hydrogen-bond donors (Lipinski definition) is 0. The first-order valence-corrected chi connectivity index (χ1v) is 11.0. The predicted octanol–water partition coefficient (Wildman–Crippen LogP) is 7.96. The first-order valence-electron chi connectivity index (χ1n) is 9.27. The Morgan fingerprint density at radius 1 is 0.630 bits per heavy atom. The quantitative estimate of drug-likeness (QED) is 0.289. The van der Waals surface area contributed by atoms with Gasteiger partial charge in [-0.25, -0.2) is 0 Å². The van der Waals surface area contributed by atoms with E-state index in [9.17, 15) is 0 Å². The van der Waals surface area contributed by atoms with E-state index in [2.05, 4.69) is 81.3 Å². The van der Waals surface area contributed by atoms with Crippen LogP contribution in [0.4, 0.5) is 0 Å². The van der Waals surface area contributed by atoms with Gasteiger partial charge in [0.1, 0.15) is 0 Å². The summed E-state index contributed by atoms with van der Waals surface area (Å²) in [6, 6.07) is 13.4. The molecule has 0 atom stereocenters. The number of rotatable bonds is 2. The molecule has 1 aliphatic carbocycles. The zero-order valence-electron chi connectivity index (χ0n) is 16.0. The average molecular weight is 386 g/mol. The molecule has 1 aliphatic rings. The summed E-state index contributed by atoms with van der Waals surface area (Å²) in [6.45, 7) is 8.95. The second kappa shape index (κ2) is 6.19. The van der Waals surface area contributed by atoms with Crippen molar-refractivity contribution in [3.05, 3.63) is 87.0 Å². The van der Waals surface area contributed by atoms with Gasteiger partial charge in [-0.05, 0) is 83.0 Å². The summed E-state index contributed by atoms with van der Waals surface area (Å²) in [7, 11) is 0. The first kappa shape index (κ1) is 17.0. The molecule has 5 rings (SSSR count). The minimum Gasteiger partial charge on any atom is -0.143 e. The number of benzene rings is 2. The predicted molar refractivity (Wildman–Crippen MR) is 120 cm³/mol. The Balaban J connectivity index is 1.85. The second-order valence-corrected chi connectivity index (χ2v) is 9.19. The molecule has 2 heterocycles. The van der Waals surface area contributed by atoms with E-state index >= 15 is 0 Å². The highest BCUT2D eigenvalue weighted by atomic mass is 32.1. The highest BCUT2D eigenvalue weighted by Crippen LogP contribution is 2.50. The lowest BCUT2D eigenvalue weighted by molar-refractivity contribution is 1.39. The molecule has 0 nitrogen and oxygen atoms in total. The molecule has 0 saturated heterocycles. The fourth-order valence-electron chi connectivity index (χ4n) is 3.98. The summed E-state index contributed by atoms with van der Waals surface area (Å²) in [5.74, 6) is 0. The van der Waals surface area contributed by atoms with Crippen LogP contribution in [0.15, 0.2) is 47.2 Å².